The van der Waals surface area contributed by atoms with Gasteiger partial charge in [0.25, 0.3) is 10.1 Å². The molecule has 0 saturated carbocycles. The van der Waals surface area contributed by atoms with E-state index in [-0.39, 0.29) is 11.8 Å². The molecule has 0 fully saturated rings. The zero-order valence-electron chi connectivity index (χ0n) is 26.5. The lowest BCUT2D eigenvalue weighted by Crippen LogP contribution is -2.43. The molecule has 0 unspecified atom stereocenters. The lowest BCUT2D eigenvalue weighted by atomic mass is 9.80. The van der Waals surface area contributed by atoms with Crippen molar-refractivity contribution < 1.29 is 17.1 Å². The highest BCUT2D eigenvalue weighted by Crippen LogP contribution is 2.79. The van der Waals surface area contributed by atoms with Crippen LogP contribution in [0.15, 0.2) is 24.3 Å². The van der Waals surface area contributed by atoms with Crippen LogP contribution >= 0.6 is 7.49 Å². The molecule has 214 valence electrons. The Balaban J connectivity index is 3.41. The molecule has 0 aliphatic carbocycles. The zero-order chi connectivity index (χ0) is 29.6. The second-order valence-electron chi connectivity index (χ2n) is 13.6. The summed E-state index contributed by atoms with van der Waals surface area (Å²) in [6, 6.07) is 8.79. The minimum absolute atomic E-state index is 0.271. The van der Waals surface area contributed by atoms with Gasteiger partial charge in [0.05, 0.1) is 13.4 Å². The topological polar surface area (TPSA) is 52.6 Å². The van der Waals surface area contributed by atoms with Gasteiger partial charge in [0.1, 0.15) is 10.3 Å². The first-order chi connectivity index (χ1) is 17.1. The van der Waals surface area contributed by atoms with Gasteiger partial charge in [-0.05, 0) is 100 Å². The number of ether oxygens (including phenoxy) is 1. The number of aryl methyl sites for hydroxylation is 1. The Hall–Kier alpha value is -1.42. The number of benzene rings is 2. The fourth-order valence-electron chi connectivity index (χ4n) is 5.85. The van der Waals surface area contributed by atoms with E-state index in [2.05, 4.69) is 108 Å². The SMILES string of the molecule is COc1ccc(C)c(-c2c(C(C)C)cc(C(C)C)cc2C(C)C)c1[P+](OS(C)(=O)=O)(C(C)(C)C)C(C)(C)C. The van der Waals surface area contributed by atoms with Gasteiger partial charge in [-0.25, -0.2) is 0 Å². The molecule has 4 nitrogen and oxygen atoms in total. The Kier molecular flexibility index (Phi) is 9.68. The van der Waals surface area contributed by atoms with E-state index in [1.807, 2.05) is 6.07 Å². The van der Waals surface area contributed by atoms with Gasteiger partial charge < -0.3 is 4.74 Å². The lowest BCUT2D eigenvalue weighted by Gasteiger charge is -2.44. The van der Waals surface area contributed by atoms with Crippen LogP contribution in [-0.4, -0.2) is 32.1 Å². The van der Waals surface area contributed by atoms with Crippen LogP contribution in [0.25, 0.3) is 11.1 Å². The van der Waals surface area contributed by atoms with E-state index < -0.39 is 27.9 Å². The maximum atomic E-state index is 13.1. The summed E-state index contributed by atoms with van der Waals surface area (Å²) in [6.45, 7) is 28.2. The minimum atomic E-state index is -3.81. The Labute approximate surface area is 234 Å². The van der Waals surface area contributed by atoms with Crippen LogP contribution in [0.1, 0.15) is 123 Å². The molecular formula is C32H52O4PS+. The smallest absolute Gasteiger partial charge is 0.296 e. The first-order valence-electron chi connectivity index (χ1n) is 13.8. The maximum absolute atomic E-state index is 13.1. The summed E-state index contributed by atoms with van der Waals surface area (Å²) >= 11 is 0. The molecule has 2 rings (SSSR count). The van der Waals surface area contributed by atoms with Crippen LogP contribution in [0.2, 0.25) is 0 Å². The maximum Gasteiger partial charge on any atom is 0.296 e. The van der Waals surface area contributed by atoms with Crippen molar-refractivity contribution in [3.8, 4) is 16.9 Å². The molecule has 0 amide bonds. The highest BCUT2D eigenvalue weighted by molar-refractivity contribution is 7.96. The van der Waals surface area contributed by atoms with Gasteiger partial charge in [-0.2, -0.15) is 8.42 Å². The third-order valence-corrected chi connectivity index (χ3v) is 14.2. The number of hydrogen-bond donors (Lipinski definition) is 0. The second-order valence-corrected chi connectivity index (χ2v) is 19.9. The molecule has 0 spiro atoms. The molecule has 0 N–H and O–H groups in total. The lowest BCUT2D eigenvalue weighted by molar-refractivity contribution is 0.416. The fourth-order valence-corrected chi connectivity index (χ4v) is 14.0. The standard InChI is InChI=1S/C32H52O4PS/c1-20(2)24-18-25(21(3)4)29(26(19-24)22(5)6)28-23(7)16-17-27(35-14)30(28)37(31(8,9)10,32(11,12)13)36-38(15,33)34/h16-22H,1-15H3/q+1. The molecule has 0 aliphatic rings. The Morgan fingerprint density at radius 2 is 1.21 bits per heavy atom. The normalized spacial score (nSPS) is 13.6. The van der Waals surface area contributed by atoms with Crippen LogP contribution in [0.3, 0.4) is 0 Å². The van der Waals surface area contributed by atoms with Gasteiger partial charge in [0.2, 0.25) is 7.49 Å². The second kappa shape index (κ2) is 11.2. The van der Waals surface area contributed by atoms with Crippen LogP contribution in [0.5, 0.6) is 5.75 Å². The molecule has 0 aromatic heterocycles. The van der Waals surface area contributed by atoms with Crippen LogP contribution in [-0.2, 0) is 14.1 Å². The summed E-state index contributed by atoms with van der Waals surface area (Å²) in [4.78, 5) is 0. The van der Waals surface area contributed by atoms with Crippen molar-refractivity contribution in [2.75, 3.05) is 13.4 Å². The predicted octanol–water partition coefficient (Wildman–Crippen LogP) is 9.17. The average molecular weight is 564 g/mol. The fraction of sp³-hybridized carbons (Fsp3) is 0.625. The van der Waals surface area contributed by atoms with Gasteiger partial charge >= 0.3 is 0 Å². The van der Waals surface area contributed by atoms with Crippen molar-refractivity contribution >= 4 is 22.9 Å². The third-order valence-electron chi connectivity index (χ3n) is 7.40. The van der Waals surface area contributed by atoms with Crippen molar-refractivity contribution in [1.29, 1.82) is 0 Å². The summed E-state index contributed by atoms with van der Waals surface area (Å²) < 4.78 is 38.7. The molecular weight excluding hydrogens is 511 g/mol. The van der Waals surface area contributed by atoms with E-state index in [0.29, 0.717) is 11.7 Å². The highest BCUT2D eigenvalue weighted by atomic mass is 32.2. The number of methoxy groups -OCH3 is 1. The molecule has 0 aliphatic heterocycles. The van der Waals surface area contributed by atoms with Gasteiger partial charge in [-0.1, -0.05) is 59.7 Å². The molecule has 0 heterocycles. The molecule has 0 saturated heterocycles. The Bertz CT molecular complexity index is 1220. The van der Waals surface area contributed by atoms with Gasteiger partial charge in [-0.15, -0.1) is 3.97 Å². The highest BCUT2D eigenvalue weighted by Gasteiger charge is 2.67. The van der Waals surface area contributed by atoms with E-state index in [4.69, 9.17) is 8.71 Å². The van der Waals surface area contributed by atoms with E-state index in [1.54, 1.807) is 7.11 Å². The van der Waals surface area contributed by atoms with Gasteiger partial charge in [0, 0.05) is 5.56 Å². The Morgan fingerprint density at radius 1 is 0.763 bits per heavy atom. The monoisotopic (exact) mass is 563 g/mol. The van der Waals surface area contributed by atoms with Gasteiger partial charge in [-0.3, -0.25) is 0 Å². The van der Waals surface area contributed by atoms with E-state index >= 15 is 0 Å². The minimum Gasteiger partial charge on any atom is -0.492 e. The molecule has 2 aromatic rings. The van der Waals surface area contributed by atoms with Crippen molar-refractivity contribution in [3.63, 3.8) is 0 Å². The van der Waals surface area contributed by atoms with Crippen molar-refractivity contribution in [1.82, 2.24) is 0 Å². The van der Waals surface area contributed by atoms with E-state index in [1.165, 1.54) is 28.5 Å². The summed E-state index contributed by atoms with van der Waals surface area (Å²) in [5, 5.41) is -0.0951. The van der Waals surface area contributed by atoms with Gasteiger partial charge in [0.15, 0.2) is 11.1 Å². The Morgan fingerprint density at radius 3 is 1.53 bits per heavy atom. The zero-order valence-corrected chi connectivity index (χ0v) is 28.2. The quantitative estimate of drug-likeness (QED) is 0.301. The third kappa shape index (κ3) is 6.16. The molecule has 6 heteroatoms. The predicted molar refractivity (Wildman–Crippen MR) is 167 cm³/mol. The van der Waals surface area contributed by atoms with Crippen molar-refractivity contribution in [2.45, 2.75) is 118 Å². The molecule has 0 atom stereocenters. The first-order valence-corrected chi connectivity index (χ1v) is 17.3. The molecule has 0 radical (unpaired) electrons. The van der Waals surface area contributed by atoms with Crippen molar-refractivity contribution in [2.24, 2.45) is 0 Å². The van der Waals surface area contributed by atoms with Crippen LogP contribution in [0.4, 0.5) is 0 Å². The van der Waals surface area contributed by atoms with Crippen molar-refractivity contribution in [3.05, 3.63) is 46.5 Å². The molecule has 2 aromatic carbocycles. The number of rotatable bonds is 8. The van der Waals surface area contributed by atoms with E-state index in [9.17, 15) is 8.42 Å². The van der Waals surface area contributed by atoms with Crippen LogP contribution < -0.4 is 10.0 Å². The number of hydrogen-bond acceptors (Lipinski definition) is 4. The van der Waals surface area contributed by atoms with Crippen LogP contribution in [0, 0.1) is 6.92 Å². The summed E-state index contributed by atoms with van der Waals surface area (Å²) in [5.74, 6) is 1.62. The first kappa shape index (κ1) is 32.8. The van der Waals surface area contributed by atoms with E-state index in [0.717, 1.165) is 16.4 Å². The summed E-state index contributed by atoms with van der Waals surface area (Å²) in [6.07, 6.45) is 1.18. The summed E-state index contributed by atoms with van der Waals surface area (Å²) in [5.41, 5.74) is 7.23. The summed E-state index contributed by atoms with van der Waals surface area (Å²) in [7, 11) is -5.10. The largest absolute Gasteiger partial charge is 0.492 e. The molecule has 0 bridgehead atoms. The average Bonchev–Trinajstić information content (AvgIpc) is 2.74. The molecule has 38 heavy (non-hydrogen) atoms.